The second-order valence-electron chi connectivity index (χ2n) is 2.08. The molecule has 0 amide bonds. The lowest BCUT2D eigenvalue weighted by atomic mass is 10.3. The summed E-state index contributed by atoms with van der Waals surface area (Å²) in [6.07, 6.45) is 0. The molecule has 0 N–H and O–H groups in total. The Morgan fingerprint density at radius 2 is 1.85 bits per heavy atom. The number of benzene rings is 1. The average Bonchev–Trinajstić information content (AvgIpc) is 2.07. The number of nitro groups is 1. The molecular formula is C6HBr2F2NO2. The Kier molecular flexibility index (Phi) is 2.97. The van der Waals surface area contributed by atoms with Crippen LogP contribution in [0.25, 0.3) is 0 Å². The van der Waals surface area contributed by atoms with Gasteiger partial charge in [0.1, 0.15) is 10.3 Å². The monoisotopic (exact) mass is 315 g/mol. The molecule has 70 valence electrons. The number of rotatable bonds is 1. The van der Waals surface area contributed by atoms with Gasteiger partial charge < -0.3 is 0 Å². The molecule has 13 heavy (non-hydrogen) atoms. The van der Waals surface area contributed by atoms with Crippen LogP contribution in [-0.2, 0) is 0 Å². The third kappa shape index (κ3) is 1.86. The molecule has 0 bridgehead atoms. The first kappa shape index (κ1) is 10.5. The van der Waals surface area contributed by atoms with Gasteiger partial charge in [-0.3, -0.25) is 10.1 Å². The molecule has 0 saturated carbocycles. The van der Waals surface area contributed by atoms with E-state index >= 15 is 0 Å². The fourth-order valence-electron chi connectivity index (χ4n) is 0.693. The summed E-state index contributed by atoms with van der Waals surface area (Å²) < 4.78 is 24.9. The van der Waals surface area contributed by atoms with Crippen LogP contribution in [0, 0.1) is 21.7 Å². The van der Waals surface area contributed by atoms with Crippen molar-refractivity contribution in [3.63, 3.8) is 0 Å². The van der Waals surface area contributed by atoms with Gasteiger partial charge in [-0.15, -0.1) is 0 Å². The zero-order valence-electron chi connectivity index (χ0n) is 5.85. The zero-order chi connectivity index (χ0) is 10.2. The Labute approximate surface area is 88.2 Å². The van der Waals surface area contributed by atoms with Crippen molar-refractivity contribution in [1.29, 1.82) is 0 Å². The first-order chi connectivity index (χ1) is 5.95. The van der Waals surface area contributed by atoms with Gasteiger partial charge in [-0.1, -0.05) is 0 Å². The van der Waals surface area contributed by atoms with Gasteiger partial charge in [0, 0.05) is 0 Å². The predicted molar refractivity (Wildman–Crippen MR) is 48.4 cm³/mol. The molecule has 0 aliphatic carbocycles. The maximum Gasteiger partial charge on any atom is 0.289 e. The van der Waals surface area contributed by atoms with Crippen molar-refractivity contribution in [3.8, 4) is 0 Å². The topological polar surface area (TPSA) is 43.1 Å². The molecular weight excluding hydrogens is 316 g/mol. The van der Waals surface area contributed by atoms with Crippen molar-refractivity contribution >= 4 is 37.5 Å². The lowest BCUT2D eigenvalue weighted by Crippen LogP contribution is -1.95. The minimum atomic E-state index is -1.02. The maximum atomic E-state index is 13.0. The molecule has 0 atom stereocenters. The number of nitro benzene ring substituents is 1. The van der Waals surface area contributed by atoms with Crippen LogP contribution in [-0.4, -0.2) is 4.92 Å². The van der Waals surface area contributed by atoms with Crippen LogP contribution < -0.4 is 0 Å². The molecule has 1 rings (SSSR count). The summed E-state index contributed by atoms with van der Waals surface area (Å²) in [5.41, 5.74) is -0.641. The normalized spacial score (nSPS) is 10.2. The van der Waals surface area contributed by atoms with Crippen LogP contribution in [0.5, 0.6) is 0 Å². The first-order valence-corrected chi connectivity index (χ1v) is 4.51. The Bertz CT molecular complexity index is 383. The van der Waals surface area contributed by atoms with Gasteiger partial charge in [0.25, 0.3) is 5.69 Å². The van der Waals surface area contributed by atoms with Crippen LogP contribution in [0.15, 0.2) is 15.0 Å². The minimum absolute atomic E-state index is 0.370. The van der Waals surface area contributed by atoms with E-state index in [0.29, 0.717) is 6.07 Å². The fraction of sp³-hybridized carbons (Fsp3) is 0. The van der Waals surface area contributed by atoms with Crippen molar-refractivity contribution in [3.05, 3.63) is 36.8 Å². The van der Waals surface area contributed by atoms with Crippen LogP contribution in [0.1, 0.15) is 0 Å². The molecule has 7 heteroatoms. The number of hydrogen-bond acceptors (Lipinski definition) is 2. The molecule has 0 heterocycles. The lowest BCUT2D eigenvalue weighted by Gasteiger charge is -2.00. The van der Waals surface area contributed by atoms with E-state index in [9.17, 15) is 18.9 Å². The summed E-state index contributed by atoms with van der Waals surface area (Å²) in [6.45, 7) is 0. The minimum Gasteiger partial charge on any atom is -0.258 e. The van der Waals surface area contributed by atoms with E-state index in [1.807, 2.05) is 0 Å². The van der Waals surface area contributed by atoms with E-state index in [-0.39, 0.29) is 4.47 Å². The summed E-state index contributed by atoms with van der Waals surface area (Å²) in [6, 6.07) is 0.636. The van der Waals surface area contributed by atoms with Crippen molar-refractivity contribution in [2.24, 2.45) is 0 Å². The van der Waals surface area contributed by atoms with E-state index in [0.717, 1.165) is 0 Å². The Hall–Kier alpha value is -0.560. The Balaban J connectivity index is 3.50. The van der Waals surface area contributed by atoms with Gasteiger partial charge in [-0.05, 0) is 31.9 Å². The van der Waals surface area contributed by atoms with Crippen molar-refractivity contribution < 1.29 is 13.7 Å². The second-order valence-corrected chi connectivity index (χ2v) is 3.66. The van der Waals surface area contributed by atoms with E-state index < -0.39 is 26.7 Å². The van der Waals surface area contributed by atoms with Gasteiger partial charge in [-0.25, -0.2) is 8.78 Å². The van der Waals surface area contributed by atoms with E-state index in [4.69, 9.17) is 0 Å². The number of hydrogen-bond donors (Lipinski definition) is 0. The summed E-state index contributed by atoms with van der Waals surface area (Å²) in [7, 11) is 0. The highest BCUT2D eigenvalue weighted by Gasteiger charge is 2.21. The highest BCUT2D eigenvalue weighted by molar-refractivity contribution is 9.11. The van der Waals surface area contributed by atoms with Gasteiger partial charge in [-0.2, -0.15) is 0 Å². The Morgan fingerprint density at radius 3 is 2.31 bits per heavy atom. The van der Waals surface area contributed by atoms with Crippen LogP contribution in [0.4, 0.5) is 14.5 Å². The molecule has 0 aliphatic heterocycles. The van der Waals surface area contributed by atoms with Crippen molar-refractivity contribution in [1.82, 2.24) is 0 Å². The van der Waals surface area contributed by atoms with Gasteiger partial charge in [0.2, 0.25) is 0 Å². The van der Waals surface area contributed by atoms with E-state index in [2.05, 4.69) is 31.9 Å². The fourth-order valence-corrected chi connectivity index (χ4v) is 1.73. The third-order valence-corrected chi connectivity index (χ3v) is 2.76. The van der Waals surface area contributed by atoms with Crippen LogP contribution >= 0.6 is 31.9 Å². The molecule has 3 nitrogen and oxygen atoms in total. The van der Waals surface area contributed by atoms with E-state index in [1.165, 1.54) is 0 Å². The van der Waals surface area contributed by atoms with E-state index in [1.54, 1.807) is 0 Å². The molecule has 0 saturated heterocycles. The third-order valence-electron chi connectivity index (χ3n) is 1.28. The predicted octanol–water partition coefficient (Wildman–Crippen LogP) is 3.40. The maximum absolute atomic E-state index is 13.0. The number of halogens is 4. The zero-order valence-corrected chi connectivity index (χ0v) is 9.02. The first-order valence-electron chi connectivity index (χ1n) is 2.92. The quantitative estimate of drug-likeness (QED) is 0.345. The summed E-state index contributed by atoms with van der Waals surface area (Å²) in [5.74, 6) is -2.03. The molecule has 0 fully saturated rings. The van der Waals surface area contributed by atoms with Crippen molar-refractivity contribution in [2.45, 2.75) is 0 Å². The van der Waals surface area contributed by atoms with Crippen LogP contribution in [0.2, 0.25) is 0 Å². The number of nitrogens with zero attached hydrogens (tertiary/aromatic N) is 1. The summed E-state index contributed by atoms with van der Waals surface area (Å²) in [4.78, 5) is 9.39. The lowest BCUT2D eigenvalue weighted by molar-refractivity contribution is -0.386. The standard InChI is InChI=1S/C6HBr2F2NO2/c7-4-2(9)1-3(11(12)13)5(8)6(4)10/h1H. The second kappa shape index (κ2) is 3.67. The molecule has 0 aliphatic rings. The van der Waals surface area contributed by atoms with Gasteiger partial charge >= 0.3 is 0 Å². The summed E-state index contributed by atoms with van der Waals surface area (Å²) in [5, 5.41) is 10.3. The van der Waals surface area contributed by atoms with Crippen LogP contribution in [0.3, 0.4) is 0 Å². The SMILES string of the molecule is O=[N+]([O-])c1cc(F)c(Br)c(F)c1Br. The smallest absolute Gasteiger partial charge is 0.258 e. The van der Waals surface area contributed by atoms with Gasteiger partial charge in [0.05, 0.1) is 15.5 Å². The molecule has 0 aromatic heterocycles. The molecule has 1 aromatic carbocycles. The molecule has 0 radical (unpaired) electrons. The highest BCUT2D eigenvalue weighted by Crippen LogP contribution is 2.34. The average molecular weight is 317 g/mol. The summed E-state index contributed by atoms with van der Waals surface area (Å²) >= 11 is 5.26. The highest BCUT2D eigenvalue weighted by atomic mass is 79.9. The van der Waals surface area contributed by atoms with Crippen molar-refractivity contribution in [2.75, 3.05) is 0 Å². The van der Waals surface area contributed by atoms with Gasteiger partial charge in [0.15, 0.2) is 5.82 Å². The molecule has 0 spiro atoms. The molecule has 0 unspecified atom stereocenters. The molecule has 1 aromatic rings. The Morgan fingerprint density at radius 1 is 1.31 bits per heavy atom. The largest absolute Gasteiger partial charge is 0.289 e.